The van der Waals surface area contributed by atoms with E-state index in [-0.39, 0.29) is 0 Å². The van der Waals surface area contributed by atoms with Gasteiger partial charge in [0.1, 0.15) is 0 Å². The molecule has 0 spiro atoms. The monoisotopic (exact) mass is 259 g/mol. The first-order valence-electron chi connectivity index (χ1n) is 6.56. The number of thioether (sulfide) groups is 1. The molecule has 2 aromatic carbocycles. The van der Waals surface area contributed by atoms with E-state index in [0.29, 0.717) is 6.04 Å². The van der Waals surface area contributed by atoms with Gasteiger partial charge in [0.25, 0.3) is 0 Å². The third-order valence-electron chi connectivity index (χ3n) is 3.15. The van der Waals surface area contributed by atoms with Crippen LogP contribution in [-0.4, -0.2) is 18.6 Å². The molecule has 0 aliphatic heterocycles. The minimum Gasteiger partial charge on any atom is -0.309 e. The zero-order valence-electron chi connectivity index (χ0n) is 11.1. The first-order valence-corrected chi connectivity index (χ1v) is 7.95. The Morgan fingerprint density at radius 2 is 1.89 bits per heavy atom. The van der Waals surface area contributed by atoms with E-state index in [1.54, 1.807) is 0 Å². The SMILES string of the molecule is CCCNC(CSC)c1ccc2ccccc2c1. The topological polar surface area (TPSA) is 12.0 Å². The van der Waals surface area contributed by atoms with Crippen LogP contribution in [0, 0.1) is 0 Å². The highest BCUT2D eigenvalue weighted by Crippen LogP contribution is 2.22. The van der Waals surface area contributed by atoms with Crippen molar-refractivity contribution in [2.24, 2.45) is 0 Å². The van der Waals surface area contributed by atoms with E-state index in [9.17, 15) is 0 Å². The molecular weight excluding hydrogens is 238 g/mol. The number of hydrogen-bond acceptors (Lipinski definition) is 2. The predicted molar refractivity (Wildman–Crippen MR) is 83.4 cm³/mol. The lowest BCUT2D eigenvalue weighted by Gasteiger charge is -2.18. The molecule has 1 N–H and O–H groups in total. The average molecular weight is 259 g/mol. The Morgan fingerprint density at radius 1 is 1.11 bits per heavy atom. The number of hydrogen-bond donors (Lipinski definition) is 1. The Bertz CT molecular complexity index is 495. The molecule has 0 saturated carbocycles. The fourth-order valence-electron chi connectivity index (χ4n) is 2.18. The summed E-state index contributed by atoms with van der Waals surface area (Å²) in [5.74, 6) is 1.12. The number of fused-ring (bicyclic) bond motifs is 1. The second kappa shape index (κ2) is 6.81. The molecule has 1 atom stereocenters. The van der Waals surface area contributed by atoms with Crippen LogP contribution in [0.2, 0.25) is 0 Å². The van der Waals surface area contributed by atoms with Crippen LogP contribution in [0.3, 0.4) is 0 Å². The highest BCUT2D eigenvalue weighted by molar-refractivity contribution is 7.98. The molecule has 2 heteroatoms. The summed E-state index contributed by atoms with van der Waals surface area (Å²) in [6.45, 7) is 3.29. The summed E-state index contributed by atoms with van der Waals surface area (Å²) in [4.78, 5) is 0. The zero-order chi connectivity index (χ0) is 12.8. The molecule has 0 saturated heterocycles. The third kappa shape index (κ3) is 3.27. The van der Waals surface area contributed by atoms with Crippen molar-refractivity contribution in [2.75, 3.05) is 18.6 Å². The van der Waals surface area contributed by atoms with Gasteiger partial charge in [-0.2, -0.15) is 11.8 Å². The molecule has 0 aromatic heterocycles. The van der Waals surface area contributed by atoms with Crippen molar-refractivity contribution in [2.45, 2.75) is 19.4 Å². The molecule has 0 aliphatic carbocycles. The smallest absolute Gasteiger partial charge is 0.0411 e. The molecule has 96 valence electrons. The molecule has 1 unspecified atom stereocenters. The molecule has 2 rings (SSSR count). The molecule has 0 amide bonds. The number of benzene rings is 2. The van der Waals surface area contributed by atoms with Gasteiger partial charge in [0.15, 0.2) is 0 Å². The van der Waals surface area contributed by atoms with Crippen LogP contribution >= 0.6 is 11.8 Å². The van der Waals surface area contributed by atoms with Gasteiger partial charge in [-0.25, -0.2) is 0 Å². The summed E-state index contributed by atoms with van der Waals surface area (Å²) >= 11 is 1.90. The van der Waals surface area contributed by atoms with Gasteiger partial charge in [-0.1, -0.05) is 43.3 Å². The zero-order valence-corrected chi connectivity index (χ0v) is 12.0. The van der Waals surface area contributed by atoms with Crippen LogP contribution < -0.4 is 5.32 Å². The largest absolute Gasteiger partial charge is 0.309 e. The first-order chi connectivity index (χ1) is 8.85. The maximum absolute atomic E-state index is 3.63. The normalized spacial score (nSPS) is 12.8. The second-order valence-electron chi connectivity index (χ2n) is 4.57. The molecule has 0 fully saturated rings. The summed E-state index contributed by atoms with van der Waals surface area (Å²) in [6, 6.07) is 15.8. The van der Waals surface area contributed by atoms with Crippen molar-refractivity contribution >= 4 is 22.5 Å². The van der Waals surface area contributed by atoms with Gasteiger partial charge in [-0.3, -0.25) is 0 Å². The van der Waals surface area contributed by atoms with E-state index in [2.05, 4.69) is 61.0 Å². The maximum Gasteiger partial charge on any atom is 0.0411 e. The summed E-state index contributed by atoms with van der Waals surface area (Å²) in [6.07, 6.45) is 3.35. The van der Waals surface area contributed by atoms with Gasteiger partial charge >= 0.3 is 0 Å². The lowest BCUT2D eigenvalue weighted by molar-refractivity contribution is 0.578. The van der Waals surface area contributed by atoms with E-state index in [1.165, 1.54) is 22.8 Å². The van der Waals surface area contributed by atoms with Crippen molar-refractivity contribution < 1.29 is 0 Å². The van der Waals surface area contributed by atoms with Crippen LogP contribution in [0.25, 0.3) is 10.8 Å². The minimum atomic E-state index is 0.463. The van der Waals surface area contributed by atoms with E-state index in [4.69, 9.17) is 0 Å². The van der Waals surface area contributed by atoms with E-state index >= 15 is 0 Å². The summed E-state index contributed by atoms with van der Waals surface area (Å²) in [5.41, 5.74) is 1.40. The van der Waals surface area contributed by atoms with Crippen LogP contribution in [0.4, 0.5) is 0 Å². The fourth-order valence-corrected chi connectivity index (χ4v) is 2.83. The van der Waals surface area contributed by atoms with E-state index < -0.39 is 0 Å². The van der Waals surface area contributed by atoms with Gasteiger partial charge in [0, 0.05) is 11.8 Å². The third-order valence-corrected chi connectivity index (χ3v) is 3.82. The molecule has 0 heterocycles. The number of rotatable bonds is 6. The van der Waals surface area contributed by atoms with E-state index in [1.807, 2.05) is 11.8 Å². The fraction of sp³-hybridized carbons (Fsp3) is 0.375. The molecule has 0 aliphatic rings. The van der Waals surface area contributed by atoms with Crippen molar-refractivity contribution in [3.05, 3.63) is 48.0 Å². The second-order valence-corrected chi connectivity index (χ2v) is 5.48. The van der Waals surface area contributed by atoms with Crippen LogP contribution in [0.1, 0.15) is 24.9 Å². The Morgan fingerprint density at radius 3 is 2.61 bits per heavy atom. The van der Waals surface area contributed by atoms with Gasteiger partial charge < -0.3 is 5.32 Å². The predicted octanol–water partition coefficient (Wildman–Crippen LogP) is 4.24. The molecule has 2 aromatic rings. The van der Waals surface area contributed by atoms with Gasteiger partial charge in [0.05, 0.1) is 0 Å². The lowest BCUT2D eigenvalue weighted by atomic mass is 10.0. The quantitative estimate of drug-likeness (QED) is 0.832. The molecular formula is C16H21NS. The van der Waals surface area contributed by atoms with Gasteiger partial charge in [-0.15, -0.1) is 0 Å². The lowest BCUT2D eigenvalue weighted by Crippen LogP contribution is -2.24. The van der Waals surface area contributed by atoms with E-state index in [0.717, 1.165) is 12.3 Å². The Kier molecular flexibility index (Phi) is 5.09. The van der Waals surface area contributed by atoms with Crippen molar-refractivity contribution in [3.8, 4) is 0 Å². The van der Waals surface area contributed by atoms with Crippen molar-refractivity contribution in [1.82, 2.24) is 5.32 Å². The van der Waals surface area contributed by atoms with Crippen molar-refractivity contribution in [1.29, 1.82) is 0 Å². The average Bonchev–Trinajstić information content (AvgIpc) is 2.43. The standard InChI is InChI=1S/C16H21NS/c1-3-10-17-16(12-18-2)15-9-8-13-6-4-5-7-14(13)11-15/h4-9,11,16-17H,3,10,12H2,1-2H3. The van der Waals surface area contributed by atoms with Crippen LogP contribution in [0.5, 0.6) is 0 Å². The Balaban J connectivity index is 2.25. The molecule has 0 bridgehead atoms. The minimum absolute atomic E-state index is 0.463. The molecule has 0 radical (unpaired) electrons. The maximum atomic E-state index is 3.63. The van der Waals surface area contributed by atoms with Gasteiger partial charge in [0.2, 0.25) is 0 Å². The summed E-state index contributed by atoms with van der Waals surface area (Å²) in [7, 11) is 0. The van der Waals surface area contributed by atoms with Crippen molar-refractivity contribution in [3.63, 3.8) is 0 Å². The molecule has 18 heavy (non-hydrogen) atoms. The number of nitrogens with one attached hydrogen (secondary N) is 1. The summed E-state index contributed by atoms with van der Waals surface area (Å²) < 4.78 is 0. The Labute approximate surface area is 114 Å². The highest BCUT2D eigenvalue weighted by Gasteiger charge is 2.10. The molecule has 1 nitrogen and oxygen atoms in total. The van der Waals surface area contributed by atoms with Gasteiger partial charge in [-0.05, 0) is 41.6 Å². The Hall–Kier alpha value is -0.990. The summed E-state index contributed by atoms with van der Waals surface area (Å²) in [5, 5.41) is 6.28. The van der Waals surface area contributed by atoms with Crippen LogP contribution in [0.15, 0.2) is 42.5 Å². The highest BCUT2D eigenvalue weighted by atomic mass is 32.2. The first kappa shape index (κ1) is 13.4. The van der Waals surface area contributed by atoms with Crippen LogP contribution in [-0.2, 0) is 0 Å².